The predicted octanol–water partition coefficient (Wildman–Crippen LogP) is 2.78. The Morgan fingerprint density at radius 3 is 2.86 bits per heavy atom. The Bertz CT molecular complexity index is 539. The van der Waals surface area contributed by atoms with Gasteiger partial charge in [-0.1, -0.05) is 6.07 Å². The fourth-order valence-corrected chi connectivity index (χ4v) is 3.22. The second-order valence-electron chi connectivity index (χ2n) is 4.74. The second-order valence-corrected chi connectivity index (χ2v) is 6.56. The van der Waals surface area contributed by atoms with Gasteiger partial charge in [-0.05, 0) is 47.2 Å². The highest BCUT2D eigenvalue weighted by atomic mass is 127. The molecule has 0 fully saturated rings. The van der Waals surface area contributed by atoms with Crippen LogP contribution in [0.1, 0.15) is 17.4 Å². The third kappa shape index (κ3) is 5.93. The minimum atomic E-state index is -0.972. The molecule has 0 bridgehead atoms. The molecule has 4 N–H and O–H groups in total. The van der Waals surface area contributed by atoms with Crippen LogP contribution in [-0.2, 0) is 12.0 Å². The molecule has 0 radical (unpaired) electrons. The number of nitrogens with one attached hydrogen (secondary N) is 1. The molecule has 1 unspecified atom stereocenters. The fraction of sp³-hybridized carbons (Fsp3) is 0.357. The highest BCUT2D eigenvalue weighted by Gasteiger charge is 2.22. The van der Waals surface area contributed by atoms with Crippen LogP contribution in [0.3, 0.4) is 0 Å². The van der Waals surface area contributed by atoms with E-state index in [1.165, 1.54) is 4.88 Å². The summed E-state index contributed by atoms with van der Waals surface area (Å²) >= 11 is 3.29. The van der Waals surface area contributed by atoms with Crippen LogP contribution >= 0.6 is 46.7 Å². The van der Waals surface area contributed by atoms with E-state index in [-0.39, 0.29) is 30.5 Å². The van der Waals surface area contributed by atoms with Gasteiger partial charge >= 0.3 is 0 Å². The van der Waals surface area contributed by atoms with Gasteiger partial charge in [-0.15, -0.1) is 35.3 Å². The molecular formula is C14H20IN3OS2. The fourth-order valence-electron chi connectivity index (χ4n) is 1.73. The second kappa shape index (κ2) is 8.72. The number of aliphatic hydroxyl groups is 1. The van der Waals surface area contributed by atoms with Crippen molar-refractivity contribution < 1.29 is 5.11 Å². The van der Waals surface area contributed by atoms with Crippen LogP contribution in [0, 0.1) is 0 Å². The van der Waals surface area contributed by atoms with Crippen LogP contribution in [-0.4, -0.2) is 24.2 Å². The summed E-state index contributed by atoms with van der Waals surface area (Å²) in [4.78, 5) is 5.53. The van der Waals surface area contributed by atoms with Crippen molar-refractivity contribution in [3.8, 4) is 0 Å². The van der Waals surface area contributed by atoms with Crippen LogP contribution in [0.15, 0.2) is 39.3 Å². The van der Waals surface area contributed by atoms with Gasteiger partial charge in [0.15, 0.2) is 5.96 Å². The summed E-state index contributed by atoms with van der Waals surface area (Å²) in [5.41, 5.74) is 5.71. The van der Waals surface area contributed by atoms with E-state index >= 15 is 0 Å². The van der Waals surface area contributed by atoms with Gasteiger partial charge in [0.25, 0.3) is 0 Å². The molecule has 2 aromatic rings. The topological polar surface area (TPSA) is 70.6 Å². The maximum Gasteiger partial charge on any atom is 0.188 e. The van der Waals surface area contributed by atoms with E-state index in [1.54, 1.807) is 29.6 Å². The molecule has 116 valence electrons. The highest BCUT2D eigenvalue weighted by molar-refractivity contribution is 14.0. The first-order valence-electron chi connectivity index (χ1n) is 6.39. The number of rotatable bonds is 6. The van der Waals surface area contributed by atoms with Crippen LogP contribution in [0.2, 0.25) is 0 Å². The molecular weight excluding hydrogens is 417 g/mol. The molecule has 0 saturated carbocycles. The molecule has 4 nitrogen and oxygen atoms in total. The van der Waals surface area contributed by atoms with Gasteiger partial charge in [-0.25, -0.2) is 0 Å². The molecule has 1 atom stereocenters. The first-order valence-corrected chi connectivity index (χ1v) is 8.21. The maximum absolute atomic E-state index is 10.3. The minimum absolute atomic E-state index is 0. The van der Waals surface area contributed by atoms with Gasteiger partial charge in [-0.3, -0.25) is 4.99 Å². The lowest BCUT2D eigenvalue weighted by Gasteiger charge is -2.20. The van der Waals surface area contributed by atoms with E-state index in [2.05, 4.69) is 21.8 Å². The lowest BCUT2D eigenvalue weighted by molar-refractivity contribution is 0.0678. The van der Waals surface area contributed by atoms with Gasteiger partial charge in [0.2, 0.25) is 0 Å². The first-order chi connectivity index (χ1) is 9.58. The molecule has 0 aliphatic rings. The van der Waals surface area contributed by atoms with E-state index in [0.29, 0.717) is 5.96 Å². The molecule has 0 spiro atoms. The van der Waals surface area contributed by atoms with E-state index < -0.39 is 5.60 Å². The van der Waals surface area contributed by atoms with Gasteiger partial charge in [0, 0.05) is 11.4 Å². The lowest BCUT2D eigenvalue weighted by Crippen LogP contribution is -2.35. The Hall–Kier alpha value is -0.640. The lowest BCUT2D eigenvalue weighted by atomic mass is 10.00. The van der Waals surface area contributed by atoms with Gasteiger partial charge < -0.3 is 16.2 Å². The number of hydrogen-bond donors (Lipinski definition) is 3. The Morgan fingerprint density at radius 2 is 2.24 bits per heavy atom. The van der Waals surface area contributed by atoms with Crippen molar-refractivity contribution in [2.45, 2.75) is 18.9 Å². The Labute approximate surface area is 150 Å². The number of hydrogen-bond acceptors (Lipinski definition) is 4. The van der Waals surface area contributed by atoms with E-state index in [1.807, 2.05) is 22.9 Å². The standard InChI is InChI=1S/C14H19N3OS2.HI/c1-14(18,11-5-8-19-9-11)10-17-13(15)16-6-4-12-3-2-7-20-12;/h2-3,5,7-9,18H,4,6,10H2,1H3,(H3,15,16,17);1H. The Kier molecular flexibility index (Phi) is 7.64. The van der Waals surface area contributed by atoms with Crippen molar-refractivity contribution in [2.75, 3.05) is 13.1 Å². The van der Waals surface area contributed by atoms with Crippen molar-refractivity contribution in [3.63, 3.8) is 0 Å². The van der Waals surface area contributed by atoms with E-state index in [4.69, 9.17) is 5.73 Å². The van der Waals surface area contributed by atoms with Gasteiger partial charge in [-0.2, -0.15) is 11.3 Å². The summed E-state index contributed by atoms with van der Waals surface area (Å²) in [7, 11) is 0. The van der Waals surface area contributed by atoms with E-state index in [0.717, 1.165) is 18.5 Å². The Morgan fingerprint density at radius 1 is 1.43 bits per heavy atom. The molecule has 0 aliphatic carbocycles. The zero-order valence-electron chi connectivity index (χ0n) is 11.8. The quantitative estimate of drug-likeness (QED) is 0.370. The van der Waals surface area contributed by atoms with Crippen molar-refractivity contribution in [2.24, 2.45) is 10.7 Å². The zero-order valence-corrected chi connectivity index (χ0v) is 15.7. The number of aliphatic imine (C=N–C) groups is 1. The molecule has 0 aliphatic heterocycles. The minimum Gasteiger partial charge on any atom is -0.383 e. The van der Waals surface area contributed by atoms with Crippen molar-refractivity contribution in [1.29, 1.82) is 0 Å². The van der Waals surface area contributed by atoms with Crippen LogP contribution in [0.25, 0.3) is 0 Å². The molecule has 2 rings (SSSR count). The van der Waals surface area contributed by atoms with Crippen LogP contribution in [0.5, 0.6) is 0 Å². The average molecular weight is 437 g/mol. The number of halogens is 1. The van der Waals surface area contributed by atoms with Crippen molar-refractivity contribution in [3.05, 3.63) is 44.8 Å². The predicted molar refractivity (Wildman–Crippen MR) is 102 cm³/mol. The third-order valence-corrected chi connectivity index (χ3v) is 4.58. The smallest absolute Gasteiger partial charge is 0.188 e. The number of nitrogens with zero attached hydrogens (tertiary/aromatic N) is 1. The summed E-state index contributed by atoms with van der Waals surface area (Å²) in [6.07, 6.45) is 0.925. The summed E-state index contributed by atoms with van der Waals surface area (Å²) in [5, 5.41) is 19.3. The number of thiophene rings is 2. The zero-order chi connectivity index (χ0) is 14.4. The maximum atomic E-state index is 10.3. The Balaban J connectivity index is 0.00000220. The van der Waals surface area contributed by atoms with Crippen molar-refractivity contribution >= 4 is 52.6 Å². The first kappa shape index (κ1) is 18.4. The SMILES string of the molecule is CC(O)(CN=C(N)NCCc1cccs1)c1ccsc1.I. The van der Waals surface area contributed by atoms with Crippen molar-refractivity contribution in [1.82, 2.24) is 5.32 Å². The summed E-state index contributed by atoms with van der Waals surface area (Å²) in [5.74, 6) is 0.372. The average Bonchev–Trinajstić information content (AvgIpc) is 3.09. The summed E-state index contributed by atoms with van der Waals surface area (Å²) < 4.78 is 0. The van der Waals surface area contributed by atoms with Gasteiger partial charge in [0.05, 0.1) is 6.54 Å². The van der Waals surface area contributed by atoms with E-state index in [9.17, 15) is 5.11 Å². The molecule has 0 amide bonds. The normalized spacial score (nSPS) is 14.3. The third-order valence-electron chi connectivity index (χ3n) is 2.96. The number of nitrogens with two attached hydrogens (primary N) is 1. The van der Waals surface area contributed by atoms with Gasteiger partial charge in [0.1, 0.15) is 5.60 Å². The van der Waals surface area contributed by atoms with Crippen LogP contribution < -0.4 is 11.1 Å². The highest BCUT2D eigenvalue weighted by Crippen LogP contribution is 2.23. The summed E-state index contributed by atoms with van der Waals surface area (Å²) in [6, 6.07) is 6.04. The number of guanidine groups is 1. The monoisotopic (exact) mass is 437 g/mol. The molecule has 2 heterocycles. The largest absolute Gasteiger partial charge is 0.383 e. The molecule has 0 saturated heterocycles. The summed E-state index contributed by atoms with van der Waals surface area (Å²) in [6.45, 7) is 2.75. The molecule has 2 aromatic heterocycles. The molecule has 21 heavy (non-hydrogen) atoms. The van der Waals surface area contributed by atoms with Crippen LogP contribution in [0.4, 0.5) is 0 Å². The molecule has 7 heteroatoms. The molecule has 0 aromatic carbocycles.